The van der Waals surface area contributed by atoms with E-state index in [4.69, 9.17) is 0 Å². The Hall–Kier alpha value is -1.88. The van der Waals surface area contributed by atoms with Gasteiger partial charge in [0.2, 0.25) is 11.8 Å². The van der Waals surface area contributed by atoms with Gasteiger partial charge in [-0.2, -0.15) is 0 Å². The van der Waals surface area contributed by atoms with Crippen molar-refractivity contribution in [3.63, 3.8) is 0 Å². The van der Waals surface area contributed by atoms with Crippen LogP contribution in [0.4, 0.5) is 5.69 Å². The molecule has 0 saturated carbocycles. The highest BCUT2D eigenvalue weighted by molar-refractivity contribution is 5.92. The lowest BCUT2D eigenvalue weighted by Crippen LogP contribution is -2.51. The molecule has 0 aromatic heterocycles. The van der Waals surface area contributed by atoms with Crippen LogP contribution in [0.1, 0.15) is 13.8 Å². The summed E-state index contributed by atoms with van der Waals surface area (Å²) < 4.78 is 0. The molecule has 2 rings (SSSR count). The molecule has 1 aromatic rings. The summed E-state index contributed by atoms with van der Waals surface area (Å²) in [6, 6.07) is 9.45. The van der Waals surface area contributed by atoms with Crippen LogP contribution in [0.5, 0.6) is 0 Å². The maximum absolute atomic E-state index is 12.0. The van der Waals surface area contributed by atoms with E-state index in [0.29, 0.717) is 19.6 Å². The van der Waals surface area contributed by atoms with Crippen LogP contribution >= 0.6 is 0 Å². The summed E-state index contributed by atoms with van der Waals surface area (Å²) in [7, 11) is 0. The molecule has 0 atom stereocenters. The summed E-state index contributed by atoms with van der Waals surface area (Å²) >= 11 is 0. The number of nitrogens with zero attached hydrogens (tertiary/aromatic N) is 2. The zero-order chi connectivity index (χ0) is 15.2. The molecule has 114 valence electrons. The van der Waals surface area contributed by atoms with Gasteiger partial charge in [0.1, 0.15) is 0 Å². The summed E-state index contributed by atoms with van der Waals surface area (Å²) in [6.07, 6.45) is 0. The number of piperazine rings is 1. The van der Waals surface area contributed by atoms with Gasteiger partial charge in [-0.25, -0.2) is 0 Å². The third kappa shape index (κ3) is 4.56. The Morgan fingerprint density at radius 1 is 1.10 bits per heavy atom. The highest BCUT2D eigenvalue weighted by Crippen LogP contribution is 2.08. The molecular formula is C16H23N3O2. The van der Waals surface area contributed by atoms with E-state index in [2.05, 4.69) is 10.2 Å². The van der Waals surface area contributed by atoms with E-state index in [1.54, 1.807) is 0 Å². The summed E-state index contributed by atoms with van der Waals surface area (Å²) in [5, 5.41) is 2.88. The number of carbonyl (C=O) groups excluding carboxylic acids is 2. The van der Waals surface area contributed by atoms with Crippen molar-refractivity contribution in [1.82, 2.24) is 9.80 Å². The van der Waals surface area contributed by atoms with E-state index in [-0.39, 0.29) is 17.7 Å². The molecule has 1 fully saturated rings. The lowest BCUT2D eigenvalue weighted by atomic mass is 10.1. The van der Waals surface area contributed by atoms with Gasteiger partial charge in [-0.1, -0.05) is 32.0 Å². The number of amides is 2. The Bertz CT molecular complexity index is 480. The Morgan fingerprint density at radius 3 is 2.29 bits per heavy atom. The number of anilines is 1. The van der Waals surface area contributed by atoms with Crippen molar-refractivity contribution in [3.8, 4) is 0 Å². The second kappa shape index (κ2) is 7.22. The summed E-state index contributed by atoms with van der Waals surface area (Å²) in [6.45, 7) is 7.12. The van der Waals surface area contributed by atoms with Gasteiger partial charge in [0, 0.05) is 37.8 Å². The van der Waals surface area contributed by atoms with Crippen molar-refractivity contribution in [2.75, 3.05) is 38.0 Å². The fourth-order valence-electron chi connectivity index (χ4n) is 2.42. The summed E-state index contributed by atoms with van der Waals surface area (Å²) in [5.74, 6) is 0.228. The molecule has 1 saturated heterocycles. The SMILES string of the molecule is CC(C)C(=O)N1CCN(CC(=O)Nc2ccccc2)CC1. The smallest absolute Gasteiger partial charge is 0.238 e. The maximum Gasteiger partial charge on any atom is 0.238 e. The standard InChI is InChI=1S/C16H23N3O2/c1-13(2)16(21)19-10-8-18(9-11-19)12-15(20)17-14-6-4-3-5-7-14/h3-7,13H,8-12H2,1-2H3,(H,17,20). The van der Waals surface area contributed by atoms with Gasteiger partial charge in [-0.3, -0.25) is 14.5 Å². The molecule has 1 N–H and O–H groups in total. The van der Waals surface area contributed by atoms with Crippen LogP contribution in [-0.2, 0) is 9.59 Å². The minimum Gasteiger partial charge on any atom is -0.340 e. The normalized spacial score (nSPS) is 16.0. The largest absolute Gasteiger partial charge is 0.340 e. The number of para-hydroxylation sites is 1. The van der Waals surface area contributed by atoms with Crippen LogP contribution in [0.2, 0.25) is 0 Å². The summed E-state index contributed by atoms with van der Waals surface area (Å²) in [5.41, 5.74) is 0.816. The van der Waals surface area contributed by atoms with E-state index in [0.717, 1.165) is 18.8 Å². The number of carbonyl (C=O) groups is 2. The zero-order valence-electron chi connectivity index (χ0n) is 12.7. The molecule has 5 nitrogen and oxygen atoms in total. The molecule has 0 spiro atoms. The highest BCUT2D eigenvalue weighted by Gasteiger charge is 2.23. The van der Waals surface area contributed by atoms with E-state index in [1.807, 2.05) is 49.1 Å². The maximum atomic E-state index is 12.0. The fourth-order valence-corrected chi connectivity index (χ4v) is 2.42. The van der Waals surface area contributed by atoms with Crippen molar-refractivity contribution in [1.29, 1.82) is 0 Å². The first-order valence-corrected chi connectivity index (χ1v) is 7.42. The van der Waals surface area contributed by atoms with Crippen LogP contribution in [0.3, 0.4) is 0 Å². The number of rotatable bonds is 4. The molecule has 2 amide bonds. The first kappa shape index (κ1) is 15.5. The number of benzene rings is 1. The van der Waals surface area contributed by atoms with Gasteiger partial charge in [-0.15, -0.1) is 0 Å². The van der Waals surface area contributed by atoms with Gasteiger partial charge >= 0.3 is 0 Å². The van der Waals surface area contributed by atoms with Crippen molar-refractivity contribution >= 4 is 17.5 Å². The Morgan fingerprint density at radius 2 is 1.71 bits per heavy atom. The molecule has 1 aliphatic heterocycles. The van der Waals surface area contributed by atoms with Crippen LogP contribution in [0, 0.1) is 5.92 Å². The van der Waals surface area contributed by atoms with E-state index >= 15 is 0 Å². The second-order valence-electron chi connectivity index (χ2n) is 5.67. The van der Waals surface area contributed by atoms with Crippen LogP contribution in [-0.4, -0.2) is 54.3 Å². The van der Waals surface area contributed by atoms with Gasteiger partial charge in [0.25, 0.3) is 0 Å². The first-order valence-electron chi connectivity index (χ1n) is 7.42. The van der Waals surface area contributed by atoms with Crippen LogP contribution in [0.25, 0.3) is 0 Å². The summed E-state index contributed by atoms with van der Waals surface area (Å²) in [4.78, 5) is 27.8. The molecular weight excluding hydrogens is 266 g/mol. The molecule has 0 aliphatic carbocycles. The molecule has 21 heavy (non-hydrogen) atoms. The lowest BCUT2D eigenvalue weighted by Gasteiger charge is -2.35. The third-order valence-corrected chi connectivity index (χ3v) is 3.60. The predicted octanol–water partition coefficient (Wildman–Crippen LogP) is 1.43. The predicted molar refractivity (Wildman–Crippen MR) is 82.9 cm³/mol. The number of nitrogens with one attached hydrogen (secondary N) is 1. The quantitative estimate of drug-likeness (QED) is 0.912. The van der Waals surface area contributed by atoms with Crippen molar-refractivity contribution < 1.29 is 9.59 Å². The fraction of sp³-hybridized carbons (Fsp3) is 0.500. The topological polar surface area (TPSA) is 52.7 Å². The monoisotopic (exact) mass is 289 g/mol. The van der Waals surface area contributed by atoms with Crippen molar-refractivity contribution in [2.45, 2.75) is 13.8 Å². The van der Waals surface area contributed by atoms with E-state index in [1.165, 1.54) is 0 Å². The van der Waals surface area contributed by atoms with E-state index in [9.17, 15) is 9.59 Å². The Kier molecular flexibility index (Phi) is 5.33. The first-order chi connectivity index (χ1) is 10.1. The van der Waals surface area contributed by atoms with Gasteiger partial charge in [-0.05, 0) is 12.1 Å². The zero-order valence-corrected chi connectivity index (χ0v) is 12.7. The Labute approximate surface area is 125 Å². The van der Waals surface area contributed by atoms with Crippen LogP contribution < -0.4 is 5.32 Å². The molecule has 1 aliphatic rings. The van der Waals surface area contributed by atoms with Gasteiger partial charge < -0.3 is 10.2 Å². The molecule has 1 heterocycles. The van der Waals surface area contributed by atoms with Gasteiger partial charge in [0.15, 0.2) is 0 Å². The minimum absolute atomic E-state index is 0.00941. The molecule has 0 bridgehead atoms. The number of hydrogen-bond donors (Lipinski definition) is 1. The number of hydrogen-bond acceptors (Lipinski definition) is 3. The second-order valence-corrected chi connectivity index (χ2v) is 5.67. The average molecular weight is 289 g/mol. The van der Waals surface area contributed by atoms with Crippen molar-refractivity contribution in [3.05, 3.63) is 30.3 Å². The molecule has 0 unspecified atom stereocenters. The van der Waals surface area contributed by atoms with Crippen molar-refractivity contribution in [2.24, 2.45) is 5.92 Å². The molecule has 0 radical (unpaired) electrons. The Balaban J connectivity index is 1.76. The van der Waals surface area contributed by atoms with Crippen LogP contribution in [0.15, 0.2) is 30.3 Å². The van der Waals surface area contributed by atoms with E-state index < -0.39 is 0 Å². The minimum atomic E-state index is -0.00941. The lowest BCUT2D eigenvalue weighted by molar-refractivity contribution is -0.136. The average Bonchev–Trinajstić information content (AvgIpc) is 2.48. The molecule has 5 heteroatoms. The van der Waals surface area contributed by atoms with Gasteiger partial charge in [0.05, 0.1) is 6.54 Å². The molecule has 1 aromatic carbocycles. The third-order valence-electron chi connectivity index (χ3n) is 3.60. The highest BCUT2D eigenvalue weighted by atomic mass is 16.2.